The van der Waals surface area contributed by atoms with Crippen LogP contribution in [0.2, 0.25) is 0 Å². The van der Waals surface area contributed by atoms with Crippen LogP contribution in [0.5, 0.6) is 0 Å². The lowest BCUT2D eigenvalue weighted by Gasteiger charge is -2.30. The Labute approximate surface area is 210 Å². The number of aromatic amines is 1. The molecule has 10 nitrogen and oxygen atoms in total. The number of nitriles is 1. The Bertz CT molecular complexity index is 1220. The van der Waals surface area contributed by atoms with Gasteiger partial charge in [-0.25, -0.2) is 4.98 Å². The Morgan fingerprint density at radius 1 is 1.00 bits per heavy atom. The Balaban J connectivity index is 1.08. The molecule has 0 spiro atoms. The van der Waals surface area contributed by atoms with Crippen LogP contribution in [0.25, 0.3) is 0 Å². The topological polar surface area (TPSA) is 150 Å². The van der Waals surface area contributed by atoms with Crippen LogP contribution in [-0.2, 0) is 0 Å². The predicted molar refractivity (Wildman–Crippen MR) is 140 cm³/mol. The van der Waals surface area contributed by atoms with E-state index in [9.17, 15) is 0 Å². The maximum absolute atomic E-state index is 9.04. The van der Waals surface area contributed by atoms with Crippen LogP contribution in [0, 0.1) is 16.7 Å². The number of nitrogens with one attached hydrogen (secondary N) is 6. The van der Waals surface area contributed by atoms with Gasteiger partial charge in [0.15, 0.2) is 11.8 Å². The lowest BCUT2D eigenvalue weighted by atomic mass is 9.91. The number of aromatic nitrogens is 4. The third-order valence-electron chi connectivity index (χ3n) is 6.97. The fourth-order valence-electron chi connectivity index (χ4n) is 5.09. The average Bonchev–Trinajstić information content (AvgIpc) is 3.58. The third-order valence-corrected chi connectivity index (χ3v) is 6.97. The van der Waals surface area contributed by atoms with Gasteiger partial charge in [0.05, 0.1) is 11.6 Å². The Morgan fingerprint density at radius 3 is 2.61 bits per heavy atom. The smallest absolute Gasteiger partial charge is 0.224 e. The molecule has 186 valence electrons. The van der Waals surface area contributed by atoms with Gasteiger partial charge in [-0.15, -0.1) is 0 Å². The molecule has 0 bridgehead atoms. The quantitative estimate of drug-likeness (QED) is 0.206. The van der Waals surface area contributed by atoms with E-state index in [0.29, 0.717) is 23.2 Å². The number of rotatable bonds is 7. The monoisotopic (exact) mass is 484 g/mol. The van der Waals surface area contributed by atoms with Crippen molar-refractivity contribution in [3.05, 3.63) is 53.9 Å². The van der Waals surface area contributed by atoms with Crippen LogP contribution in [0.15, 0.2) is 42.6 Å². The highest BCUT2D eigenvalue weighted by Crippen LogP contribution is 2.34. The predicted octanol–water partition coefficient (Wildman–Crippen LogP) is 4.83. The molecule has 0 amide bonds. The Kier molecular flexibility index (Phi) is 7.26. The molecule has 2 aliphatic carbocycles. The molecular formula is C26H32N10. The first kappa shape index (κ1) is 23.6. The maximum Gasteiger partial charge on any atom is 0.224 e. The first-order valence-electron chi connectivity index (χ1n) is 12.7. The molecule has 3 aromatic rings. The minimum Gasteiger partial charge on any atom is -0.354 e. The molecule has 2 fully saturated rings. The molecule has 2 heterocycles. The van der Waals surface area contributed by atoms with Crippen molar-refractivity contribution in [2.75, 3.05) is 16.0 Å². The molecule has 6 N–H and O–H groups in total. The fourth-order valence-corrected chi connectivity index (χ4v) is 5.09. The van der Waals surface area contributed by atoms with Crippen LogP contribution < -0.4 is 21.3 Å². The van der Waals surface area contributed by atoms with Gasteiger partial charge >= 0.3 is 0 Å². The molecule has 0 aliphatic heterocycles. The molecular weight excluding hydrogens is 452 g/mol. The molecule has 0 atom stereocenters. The van der Waals surface area contributed by atoms with Gasteiger partial charge in [0.1, 0.15) is 5.82 Å². The van der Waals surface area contributed by atoms with Crippen molar-refractivity contribution in [2.24, 2.45) is 0 Å². The van der Waals surface area contributed by atoms with Gasteiger partial charge in [-0.1, -0.05) is 18.9 Å². The van der Waals surface area contributed by atoms with Crippen molar-refractivity contribution in [3.8, 4) is 6.07 Å². The molecule has 2 aromatic heterocycles. The standard InChI is InChI=1S/C26H32N10/c27-16-17-4-3-7-21(14-17)31-25(28)30-19-8-10-20(11-9-19)32-26-29-13-12-23(34-26)33-24-15-22(35-36-24)18-5-1-2-6-18/h3-4,7,12-15,18-20H,1-2,5-6,8-11H2,(H3,28,30,31)(H3,29,32,33,34,35,36)/t19-,20-. The van der Waals surface area contributed by atoms with E-state index in [0.717, 1.165) is 37.2 Å². The maximum atomic E-state index is 9.04. The van der Waals surface area contributed by atoms with Crippen molar-refractivity contribution in [1.82, 2.24) is 25.5 Å². The van der Waals surface area contributed by atoms with E-state index < -0.39 is 0 Å². The van der Waals surface area contributed by atoms with Crippen LogP contribution in [0.4, 0.5) is 23.3 Å². The molecule has 10 heteroatoms. The highest BCUT2D eigenvalue weighted by molar-refractivity contribution is 5.91. The van der Waals surface area contributed by atoms with E-state index >= 15 is 0 Å². The normalized spacial score (nSPS) is 19.9. The highest BCUT2D eigenvalue weighted by atomic mass is 15.2. The summed E-state index contributed by atoms with van der Waals surface area (Å²) in [6.07, 6.45) is 10.6. The summed E-state index contributed by atoms with van der Waals surface area (Å²) in [6, 6.07) is 13.7. The number of benzene rings is 1. The van der Waals surface area contributed by atoms with Crippen LogP contribution in [0.1, 0.15) is 68.5 Å². The largest absolute Gasteiger partial charge is 0.354 e. The van der Waals surface area contributed by atoms with E-state index in [-0.39, 0.29) is 18.0 Å². The number of guanidine groups is 1. The summed E-state index contributed by atoms with van der Waals surface area (Å²) in [6.45, 7) is 0. The molecule has 0 saturated heterocycles. The van der Waals surface area contributed by atoms with Gasteiger partial charge in [0.25, 0.3) is 0 Å². The van der Waals surface area contributed by atoms with E-state index in [1.807, 2.05) is 12.1 Å². The van der Waals surface area contributed by atoms with Gasteiger partial charge in [-0.3, -0.25) is 10.5 Å². The summed E-state index contributed by atoms with van der Waals surface area (Å²) in [7, 11) is 0. The molecule has 2 saturated carbocycles. The third kappa shape index (κ3) is 6.10. The zero-order valence-corrected chi connectivity index (χ0v) is 20.2. The number of hydrogen-bond donors (Lipinski definition) is 6. The SMILES string of the molecule is N#Cc1cccc(NC(=N)N[C@H]2CC[C@H](Nc3nccc(Nc4cc(C5CCCC5)[nH]n4)n3)CC2)c1. The zero-order valence-electron chi connectivity index (χ0n) is 20.2. The number of anilines is 4. The minimum absolute atomic E-state index is 0.227. The van der Waals surface area contributed by atoms with E-state index in [2.05, 4.69) is 53.6 Å². The van der Waals surface area contributed by atoms with Gasteiger partial charge < -0.3 is 21.3 Å². The van der Waals surface area contributed by atoms with Gasteiger partial charge in [0, 0.05) is 41.6 Å². The zero-order chi connectivity index (χ0) is 24.7. The first-order valence-corrected chi connectivity index (χ1v) is 12.7. The second kappa shape index (κ2) is 11.1. The Hall–Kier alpha value is -4.13. The molecule has 0 unspecified atom stereocenters. The summed E-state index contributed by atoms with van der Waals surface area (Å²) < 4.78 is 0. The summed E-state index contributed by atoms with van der Waals surface area (Å²) in [5, 5.41) is 37.9. The van der Waals surface area contributed by atoms with Crippen molar-refractivity contribution in [3.63, 3.8) is 0 Å². The minimum atomic E-state index is 0.227. The molecule has 2 aliphatic rings. The second-order valence-electron chi connectivity index (χ2n) is 9.61. The molecule has 5 rings (SSSR count). The first-order chi connectivity index (χ1) is 17.6. The highest BCUT2D eigenvalue weighted by Gasteiger charge is 2.23. The van der Waals surface area contributed by atoms with E-state index in [1.54, 1.807) is 24.4 Å². The number of H-pyrrole nitrogens is 1. The van der Waals surface area contributed by atoms with Crippen molar-refractivity contribution in [1.29, 1.82) is 10.7 Å². The van der Waals surface area contributed by atoms with E-state index in [1.165, 1.54) is 31.4 Å². The van der Waals surface area contributed by atoms with Crippen molar-refractivity contribution < 1.29 is 0 Å². The summed E-state index contributed by atoms with van der Waals surface area (Å²) in [5.74, 6) is 2.94. The van der Waals surface area contributed by atoms with Crippen LogP contribution in [-0.4, -0.2) is 38.2 Å². The van der Waals surface area contributed by atoms with Gasteiger partial charge in [-0.2, -0.15) is 15.3 Å². The second-order valence-corrected chi connectivity index (χ2v) is 9.61. The summed E-state index contributed by atoms with van der Waals surface area (Å²) >= 11 is 0. The lowest BCUT2D eigenvalue weighted by Crippen LogP contribution is -2.42. The van der Waals surface area contributed by atoms with Crippen LogP contribution >= 0.6 is 0 Å². The average molecular weight is 485 g/mol. The fraction of sp³-hybridized carbons (Fsp3) is 0.423. The van der Waals surface area contributed by atoms with Gasteiger partial charge in [0.2, 0.25) is 5.95 Å². The molecule has 0 radical (unpaired) electrons. The summed E-state index contributed by atoms with van der Waals surface area (Å²) in [4.78, 5) is 9.03. The van der Waals surface area contributed by atoms with Crippen molar-refractivity contribution in [2.45, 2.75) is 69.4 Å². The van der Waals surface area contributed by atoms with Crippen LogP contribution in [0.3, 0.4) is 0 Å². The summed E-state index contributed by atoms with van der Waals surface area (Å²) in [5.41, 5.74) is 2.50. The van der Waals surface area contributed by atoms with Crippen molar-refractivity contribution >= 4 is 29.2 Å². The van der Waals surface area contributed by atoms with E-state index in [4.69, 9.17) is 10.7 Å². The number of hydrogen-bond acceptors (Lipinski definition) is 7. The van der Waals surface area contributed by atoms with Gasteiger partial charge in [-0.05, 0) is 62.8 Å². The lowest BCUT2D eigenvalue weighted by molar-refractivity contribution is 0.386. The number of nitrogens with zero attached hydrogens (tertiary/aromatic N) is 4. The Morgan fingerprint density at radius 2 is 1.81 bits per heavy atom. The molecule has 36 heavy (non-hydrogen) atoms. The molecule has 1 aromatic carbocycles.